The van der Waals surface area contributed by atoms with Gasteiger partial charge in [0.1, 0.15) is 6.17 Å². The molecule has 26 heavy (non-hydrogen) atoms. The Hall–Kier alpha value is -3.13. The number of methoxy groups -OCH3 is 1. The molecule has 8 heteroatoms. The third-order valence-electron chi connectivity index (χ3n) is 4.97. The van der Waals surface area contributed by atoms with Crippen molar-refractivity contribution in [3.63, 3.8) is 0 Å². The van der Waals surface area contributed by atoms with Crippen molar-refractivity contribution in [1.82, 2.24) is 5.32 Å². The maximum absolute atomic E-state index is 12.6. The average Bonchev–Trinajstić information content (AvgIpc) is 2.65. The quantitative estimate of drug-likeness (QED) is 0.646. The Morgan fingerprint density at radius 1 is 1.35 bits per heavy atom. The van der Waals surface area contributed by atoms with Crippen LogP contribution in [-0.4, -0.2) is 24.5 Å². The number of hydrogen-bond acceptors (Lipinski definition) is 6. The van der Waals surface area contributed by atoms with E-state index in [9.17, 15) is 14.9 Å². The number of carbonyl (C=O) groups is 1. The Balaban J connectivity index is 1.83. The molecule has 0 aliphatic carbocycles. The topological polar surface area (TPSA) is 111 Å². The molecule has 2 heterocycles. The van der Waals surface area contributed by atoms with Crippen molar-refractivity contribution in [2.45, 2.75) is 18.6 Å². The van der Waals surface area contributed by atoms with E-state index in [1.54, 1.807) is 18.2 Å². The van der Waals surface area contributed by atoms with Crippen LogP contribution in [0.3, 0.4) is 0 Å². The third-order valence-corrected chi connectivity index (χ3v) is 4.97. The van der Waals surface area contributed by atoms with Crippen molar-refractivity contribution >= 4 is 17.3 Å². The van der Waals surface area contributed by atoms with E-state index in [0.29, 0.717) is 17.7 Å². The van der Waals surface area contributed by atoms with Gasteiger partial charge in [-0.3, -0.25) is 14.9 Å². The number of anilines is 1. The average molecular weight is 354 g/mol. The predicted molar refractivity (Wildman–Crippen MR) is 95.2 cm³/mol. The van der Waals surface area contributed by atoms with Crippen molar-refractivity contribution in [2.24, 2.45) is 5.73 Å². The van der Waals surface area contributed by atoms with Crippen molar-refractivity contribution < 1.29 is 14.5 Å². The Labute approximate surface area is 149 Å². The third kappa shape index (κ3) is 2.38. The van der Waals surface area contributed by atoms with Gasteiger partial charge in [-0.15, -0.1) is 0 Å². The van der Waals surface area contributed by atoms with E-state index < -0.39 is 11.1 Å². The first-order chi connectivity index (χ1) is 12.5. The van der Waals surface area contributed by atoms with E-state index in [-0.39, 0.29) is 23.4 Å². The lowest BCUT2D eigenvalue weighted by molar-refractivity contribution is -0.385. The highest BCUT2D eigenvalue weighted by atomic mass is 16.6. The molecule has 8 nitrogen and oxygen atoms in total. The zero-order valence-corrected chi connectivity index (χ0v) is 14.1. The van der Waals surface area contributed by atoms with Crippen LogP contribution in [0.5, 0.6) is 5.75 Å². The number of nitro benzene ring substituents is 1. The fourth-order valence-electron chi connectivity index (χ4n) is 3.73. The van der Waals surface area contributed by atoms with Crippen LogP contribution in [-0.2, 0) is 0 Å². The van der Waals surface area contributed by atoms with Gasteiger partial charge in [0.15, 0.2) is 5.75 Å². The fourth-order valence-corrected chi connectivity index (χ4v) is 3.73. The van der Waals surface area contributed by atoms with E-state index >= 15 is 0 Å². The van der Waals surface area contributed by atoms with Crippen molar-refractivity contribution in [3.8, 4) is 5.75 Å². The number of nitrogens with zero attached hydrogens (tertiary/aromatic N) is 2. The SMILES string of the molecule is COc1ccc([C@H]2NC(=O)c3cccc4c3N2CC[C@H]4N)cc1[N+](=O)[O-]. The van der Waals surface area contributed by atoms with Gasteiger partial charge in [-0.2, -0.15) is 0 Å². The molecule has 3 N–H and O–H groups in total. The first-order valence-corrected chi connectivity index (χ1v) is 8.29. The molecule has 2 aliphatic heterocycles. The van der Waals surface area contributed by atoms with Gasteiger partial charge >= 0.3 is 5.69 Å². The van der Waals surface area contributed by atoms with Crippen LogP contribution in [0.25, 0.3) is 0 Å². The normalized spacial score (nSPS) is 21.0. The summed E-state index contributed by atoms with van der Waals surface area (Å²) in [6.45, 7) is 0.649. The number of benzene rings is 2. The van der Waals surface area contributed by atoms with Gasteiger partial charge in [0.05, 0.1) is 23.3 Å². The van der Waals surface area contributed by atoms with Crippen LogP contribution in [0.15, 0.2) is 36.4 Å². The van der Waals surface area contributed by atoms with E-state index in [1.807, 2.05) is 12.1 Å². The summed E-state index contributed by atoms with van der Waals surface area (Å²) in [5, 5.41) is 14.3. The molecule has 0 aromatic heterocycles. The van der Waals surface area contributed by atoms with Crippen LogP contribution in [0.4, 0.5) is 11.4 Å². The molecule has 0 spiro atoms. The van der Waals surface area contributed by atoms with Crippen molar-refractivity contribution in [3.05, 3.63) is 63.2 Å². The molecule has 2 atom stereocenters. The zero-order chi connectivity index (χ0) is 18.4. The van der Waals surface area contributed by atoms with E-state index in [2.05, 4.69) is 10.2 Å². The number of amides is 1. The molecule has 0 saturated heterocycles. The monoisotopic (exact) mass is 354 g/mol. The molecular formula is C18H18N4O4. The van der Waals surface area contributed by atoms with E-state index in [0.717, 1.165) is 17.7 Å². The van der Waals surface area contributed by atoms with E-state index in [1.165, 1.54) is 13.2 Å². The largest absolute Gasteiger partial charge is 0.490 e. The second-order valence-corrected chi connectivity index (χ2v) is 6.40. The Morgan fingerprint density at radius 2 is 2.15 bits per heavy atom. The summed E-state index contributed by atoms with van der Waals surface area (Å²) in [7, 11) is 1.39. The second kappa shape index (κ2) is 5.99. The second-order valence-electron chi connectivity index (χ2n) is 6.40. The maximum Gasteiger partial charge on any atom is 0.311 e. The highest BCUT2D eigenvalue weighted by Gasteiger charge is 2.37. The van der Waals surface area contributed by atoms with Crippen LogP contribution >= 0.6 is 0 Å². The number of para-hydroxylation sites is 1. The molecule has 0 saturated carbocycles. The Kier molecular flexibility index (Phi) is 3.77. The van der Waals surface area contributed by atoms with E-state index in [4.69, 9.17) is 10.5 Å². The summed E-state index contributed by atoms with van der Waals surface area (Å²) in [4.78, 5) is 25.5. The number of hydrogen-bond donors (Lipinski definition) is 2. The number of carbonyl (C=O) groups excluding carboxylic acids is 1. The number of nitrogens with two attached hydrogens (primary N) is 1. The van der Waals surface area contributed by atoms with Gasteiger partial charge < -0.3 is 20.7 Å². The van der Waals surface area contributed by atoms with Gasteiger partial charge in [-0.25, -0.2) is 0 Å². The summed E-state index contributed by atoms with van der Waals surface area (Å²) < 4.78 is 5.06. The highest BCUT2D eigenvalue weighted by molar-refractivity contribution is 6.03. The fraction of sp³-hybridized carbons (Fsp3) is 0.278. The summed E-state index contributed by atoms with van der Waals surface area (Å²) in [5.74, 6) is -0.0293. The van der Waals surface area contributed by atoms with Gasteiger partial charge in [0.25, 0.3) is 5.91 Å². The van der Waals surface area contributed by atoms with Crippen molar-refractivity contribution in [2.75, 3.05) is 18.6 Å². The zero-order valence-electron chi connectivity index (χ0n) is 14.1. The first-order valence-electron chi connectivity index (χ1n) is 8.29. The molecule has 134 valence electrons. The van der Waals surface area contributed by atoms with Crippen LogP contribution < -0.4 is 20.7 Å². The summed E-state index contributed by atoms with van der Waals surface area (Å²) in [5.41, 5.74) is 9.04. The number of nitro groups is 1. The molecule has 1 amide bonds. The molecule has 4 rings (SSSR count). The summed E-state index contributed by atoms with van der Waals surface area (Å²) >= 11 is 0. The van der Waals surface area contributed by atoms with Gasteiger partial charge in [0, 0.05) is 24.2 Å². The van der Waals surface area contributed by atoms with Crippen LogP contribution in [0.1, 0.15) is 40.1 Å². The summed E-state index contributed by atoms with van der Waals surface area (Å²) in [6.07, 6.45) is 0.245. The molecule has 0 fully saturated rings. The van der Waals surface area contributed by atoms with Gasteiger partial charge in [-0.05, 0) is 24.1 Å². The summed E-state index contributed by atoms with van der Waals surface area (Å²) in [6, 6.07) is 10.1. The maximum atomic E-state index is 12.6. The minimum Gasteiger partial charge on any atom is -0.490 e. The molecule has 0 radical (unpaired) electrons. The molecule has 2 aromatic carbocycles. The lowest BCUT2D eigenvalue weighted by Gasteiger charge is -2.44. The van der Waals surface area contributed by atoms with Crippen molar-refractivity contribution in [1.29, 1.82) is 0 Å². The molecular weight excluding hydrogens is 336 g/mol. The van der Waals surface area contributed by atoms with Crippen LogP contribution in [0.2, 0.25) is 0 Å². The molecule has 2 aromatic rings. The number of rotatable bonds is 3. The highest BCUT2D eigenvalue weighted by Crippen LogP contribution is 2.43. The minimum absolute atomic E-state index is 0.127. The van der Waals surface area contributed by atoms with Gasteiger partial charge in [0.2, 0.25) is 0 Å². The number of nitrogens with one attached hydrogen (secondary N) is 1. The lowest BCUT2D eigenvalue weighted by Crippen LogP contribution is -2.49. The smallest absolute Gasteiger partial charge is 0.311 e. The minimum atomic E-state index is -0.492. The standard InChI is InChI=1S/C18H18N4O4/c1-26-15-6-5-10(9-14(15)22(24)25)17-20-18(23)12-4-2-3-11-13(19)7-8-21(17)16(11)12/h2-6,9,13,17H,7-8,19H2,1H3,(H,20,23)/t13-,17+/m1/s1. The number of ether oxygens (including phenoxy) is 1. The molecule has 0 bridgehead atoms. The van der Waals surface area contributed by atoms with Gasteiger partial charge in [-0.1, -0.05) is 18.2 Å². The predicted octanol–water partition coefficient (Wildman–Crippen LogP) is 2.26. The first kappa shape index (κ1) is 16.3. The Morgan fingerprint density at radius 3 is 2.88 bits per heavy atom. The molecule has 0 unspecified atom stereocenters. The Bertz CT molecular complexity index is 914. The van der Waals surface area contributed by atoms with Crippen LogP contribution in [0, 0.1) is 10.1 Å². The lowest BCUT2D eigenvalue weighted by atomic mass is 9.90. The molecule has 2 aliphatic rings.